The van der Waals surface area contributed by atoms with Crippen molar-refractivity contribution in [3.8, 4) is 0 Å². The van der Waals surface area contributed by atoms with Gasteiger partial charge >= 0.3 is 6.18 Å². The molecule has 8 heteroatoms. The first-order valence-electron chi connectivity index (χ1n) is 3.54. The van der Waals surface area contributed by atoms with Crippen molar-refractivity contribution in [3.63, 3.8) is 0 Å². The first-order valence-corrected chi connectivity index (χ1v) is 3.92. The molecule has 0 spiro atoms. The van der Waals surface area contributed by atoms with Crippen LogP contribution in [0.3, 0.4) is 0 Å². The van der Waals surface area contributed by atoms with Gasteiger partial charge in [0.2, 0.25) is 0 Å². The number of hydrogen-bond donors (Lipinski definition) is 1. The third-order valence-corrected chi connectivity index (χ3v) is 2.02. The summed E-state index contributed by atoms with van der Waals surface area (Å²) in [4.78, 5) is 9.32. The van der Waals surface area contributed by atoms with Gasteiger partial charge in [0.05, 0.1) is 4.92 Å². The molecular weight excluding hydrogens is 237 g/mol. The Bertz CT molecular complexity index is 419. The highest BCUT2D eigenvalue weighted by Crippen LogP contribution is 2.42. The van der Waals surface area contributed by atoms with Crippen molar-refractivity contribution < 1.29 is 18.1 Å². The van der Waals surface area contributed by atoms with Crippen molar-refractivity contribution in [3.05, 3.63) is 32.8 Å². The van der Waals surface area contributed by atoms with Crippen LogP contribution in [0.1, 0.15) is 5.56 Å². The van der Waals surface area contributed by atoms with Crippen LogP contribution >= 0.6 is 11.6 Å². The molecule has 0 saturated heterocycles. The molecule has 15 heavy (non-hydrogen) atoms. The van der Waals surface area contributed by atoms with Gasteiger partial charge in [-0.15, -0.1) is 0 Å². The number of hydrogen-bond acceptors (Lipinski definition) is 3. The fraction of sp³-hybridized carbons (Fsp3) is 0.143. The van der Waals surface area contributed by atoms with Crippen LogP contribution in [0.4, 0.5) is 24.5 Å². The number of nitrogens with zero attached hydrogens (tertiary/aromatic N) is 1. The van der Waals surface area contributed by atoms with Crippen molar-refractivity contribution in [2.24, 2.45) is 0 Å². The maximum absolute atomic E-state index is 12.4. The summed E-state index contributed by atoms with van der Waals surface area (Å²) in [5.41, 5.74) is 2.21. The Hall–Kier alpha value is -1.50. The van der Waals surface area contributed by atoms with Gasteiger partial charge in [-0.05, 0) is 6.07 Å². The zero-order valence-corrected chi connectivity index (χ0v) is 7.76. The van der Waals surface area contributed by atoms with E-state index in [-0.39, 0.29) is 0 Å². The van der Waals surface area contributed by atoms with E-state index in [0.29, 0.717) is 0 Å². The maximum atomic E-state index is 12.4. The summed E-state index contributed by atoms with van der Waals surface area (Å²) in [5.74, 6) is 0. The van der Waals surface area contributed by atoms with Crippen molar-refractivity contribution in [2.75, 3.05) is 5.73 Å². The summed E-state index contributed by atoms with van der Waals surface area (Å²) < 4.78 is 37.1. The second-order valence-corrected chi connectivity index (χ2v) is 3.00. The molecule has 0 radical (unpaired) electrons. The second-order valence-electron chi connectivity index (χ2n) is 2.62. The number of nitro benzene ring substituents is 1. The lowest BCUT2D eigenvalue weighted by Crippen LogP contribution is -2.10. The molecule has 0 fully saturated rings. The van der Waals surface area contributed by atoms with Gasteiger partial charge in [-0.1, -0.05) is 11.6 Å². The zero-order chi connectivity index (χ0) is 11.8. The van der Waals surface area contributed by atoms with E-state index in [1.165, 1.54) is 0 Å². The molecule has 0 atom stereocenters. The second kappa shape index (κ2) is 3.58. The number of nitro groups is 1. The van der Waals surface area contributed by atoms with Gasteiger partial charge in [0.1, 0.15) is 10.6 Å². The molecule has 0 saturated carbocycles. The number of nitrogens with two attached hydrogens (primary N) is 1. The highest BCUT2D eigenvalue weighted by atomic mass is 35.5. The minimum absolute atomic E-state index is 0.641. The minimum atomic E-state index is -4.81. The van der Waals surface area contributed by atoms with Gasteiger partial charge < -0.3 is 5.73 Å². The van der Waals surface area contributed by atoms with Crippen molar-refractivity contribution in [1.82, 2.24) is 0 Å². The third-order valence-electron chi connectivity index (χ3n) is 1.63. The monoisotopic (exact) mass is 240 g/mol. The van der Waals surface area contributed by atoms with Crippen LogP contribution in [-0.2, 0) is 6.18 Å². The number of alkyl halides is 3. The number of halogens is 4. The molecule has 4 nitrogen and oxygen atoms in total. The van der Waals surface area contributed by atoms with Crippen molar-refractivity contribution in [1.29, 1.82) is 0 Å². The van der Waals surface area contributed by atoms with Crippen LogP contribution in [0.15, 0.2) is 12.1 Å². The third kappa shape index (κ3) is 2.12. The summed E-state index contributed by atoms with van der Waals surface area (Å²) in [6.45, 7) is 0. The van der Waals surface area contributed by atoms with E-state index >= 15 is 0 Å². The topological polar surface area (TPSA) is 69.2 Å². The quantitative estimate of drug-likeness (QED) is 0.466. The SMILES string of the molecule is Nc1ccc([N+](=O)[O-])c(Cl)c1C(F)(F)F. The Labute approximate surface area is 86.6 Å². The molecule has 1 aromatic carbocycles. The van der Waals surface area contributed by atoms with Gasteiger partial charge in [-0.3, -0.25) is 10.1 Å². The summed E-state index contributed by atoms with van der Waals surface area (Å²) in [5, 5.41) is 9.33. The Balaban J connectivity index is 3.51. The maximum Gasteiger partial charge on any atom is 0.420 e. The lowest BCUT2D eigenvalue weighted by molar-refractivity contribution is -0.384. The van der Waals surface area contributed by atoms with E-state index in [1.807, 2.05) is 0 Å². The summed E-state index contributed by atoms with van der Waals surface area (Å²) in [6.07, 6.45) is -4.81. The fourth-order valence-corrected chi connectivity index (χ4v) is 1.36. The highest BCUT2D eigenvalue weighted by molar-refractivity contribution is 6.33. The number of nitrogen functional groups attached to an aromatic ring is 1. The molecule has 0 unspecified atom stereocenters. The van der Waals surface area contributed by atoms with Crippen LogP contribution in [0, 0.1) is 10.1 Å². The van der Waals surface area contributed by atoms with Crippen LogP contribution in [0.5, 0.6) is 0 Å². The molecule has 1 rings (SSSR count). The lowest BCUT2D eigenvalue weighted by atomic mass is 10.1. The largest absolute Gasteiger partial charge is 0.420 e. The van der Waals surface area contributed by atoms with Crippen LogP contribution in [0.2, 0.25) is 5.02 Å². The Kier molecular flexibility index (Phi) is 2.76. The van der Waals surface area contributed by atoms with Crippen molar-refractivity contribution >= 4 is 23.0 Å². The van der Waals surface area contributed by atoms with Crippen molar-refractivity contribution in [2.45, 2.75) is 6.18 Å². The predicted octanol–water partition coefficient (Wildman–Crippen LogP) is 2.85. The van der Waals surface area contributed by atoms with E-state index in [2.05, 4.69) is 0 Å². The van der Waals surface area contributed by atoms with Gasteiger partial charge in [0.25, 0.3) is 5.69 Å². The number of rotatable bonds is 1. The average Bonchev–Trinajstić information content (AvgIpc) is 2.00. The van der Waals surface area contributed by atoms with Crippen LogP contribution < -0.4 is 5.73 Å². The molecule has 0 aliphatic carbocycles. The summed E-state index contributed by atoms with van der Waals surface area (Å²) in [6, 6.07) is 1.62. The average molecular weight is 241 g/mol. The molecule has 0 bridgehead atoms. The van der Waals surface area contributed by atoms with E-state index in [0.717, 1.165) is 12.1 Å². The van der Waals surface area contributed by atoms with E-state index in [9.17, 15) is 23.3 Å². The van der Waals surface area contributed by atoms with Gasteiger partial charge in [-0.25, -0.2) is 0 Å². The number of anilines is 1. The highest BCUT2D eigenvalue weighted by Gasteiger charge is 2.38. The molecule has 0 heterocycles. The molecule has 82 valence electrons. The Morgan fingerprint density at radius 2 is 1.93 bits per heavy atom. The predicted molar refractivity (Wildman–Crippen MR) is 47.5 cm³/mol. The molecule has 0 aliphatic rings. The van der Waals surface area contributed by atoms with Crippen LogP contribution in [0.25, 0.3) is 0 Å². The Morgan fingerprint density at radius 3 is 2.33 bits per heavy atom. The van der Waals surface area contributed by atoms with Gasteiger partial charge in [-0.2, -0.15) is 13.2 Å². The summed E-state index contributed by atoms with van der Waals surface area (Å²) in [7, 11) is 0. The molecule has 1 aromatic rings. The minimum Gasteiger partial charge on any atom is -0.398 e. The standard InChI is InChI=1S/C7H4ClF3N2O2/c8-6-4(13(14)15)2-1-3(12)5(6)7(9,10)11/h1-2H,12H2. The van der Waals surface area contributed by atoms with Crippen LogP contribution in [-0.4, -0.2) is 4.92 Å². The van der Waals surface area contributed by atoms with E-state index in [1.54, 1.807) is 0 Å². The van der Waals surface area contributed by atoms with Gasteiger partial charge in [0.15, 0.2) is 0 Å². The zero-order valence-electron chi connectivity index (χ0n) is 7.01. The molecule has 0 aromatic heterocycles. The molecular formula is C7H4ClF3N2O2. The molecule has 0 aliphatic heterocycles. The normalized spacial score (nSPS) is 11.5. The molecule has 2 N–H and O–H groups in total. The molecule has 0 amide bonds. The lowest BCUT2D eigenvalue weighted by Gasteiger charge is -2.11. The van der Waals surface area contributed by atoms with E-state index in [4.69, 9.17) is 17.3 Å². The van der Waals surface area contributed by atoms with E-state index < -0.39 is 33.1 Å². The number of benzene rings is 1. The smallest absolute Gasteiger partial charge is 0.398 e. The Morgan fingerprint density at radius 1 is 1.40 bits per heavy atom. The summed E-state index contributed by atoms with van der Waals surface area (Å²) >= 11 is 5.25. The fourth-order valence-electron chi connectivity index (χ4n) is 1.01. The van der Waals surface area contributed by atoms with Gasteiger partial charge in [0, 0.05) is 11.8 Å². The first kappa shape index (κ1) is 11.6. The first-order chi connectivity index (χ1) is 6.75.